The smallest absolute Gasteiger partial charge is 0.267 e. The maximum Gasteiger partial charge on any atom is 0.271 e. The van der Waals surface area contributed by atoms with Gasteiger partial charge in [-0.15, -0.1) is 0 Å². The molecular weight excluding hydrogens is 424 g/mol. The summed E-state index contributed by atoms with van der Waals surface area (Å²) in [4.78, 5) is 24.6. The number of allylic oxidation sites excluding steroid dienone is 2. The van der Waals surface area contributed by atoms with Gasteiger partial charge in [0.25, 0.3) is 11.8 Å². The van der Waals surface area contributed by atoms with Gasteiger partial charge in [0, 0.05) is 11.1 Å². The zero-order valence-corrected chi connectivity index (χ0v) is 19.1. The van der Waals surface area contributed by atoms with Gasteiger partial charge in [-0.3, -0.25) is 9.59 Å². The molecule has 170 valence electrons. The van der Waals surface area contributed by atoms with E-state index in [0.29, 0.717) is 11.1 Å². The number of nitrogens with one attached hydrogen (secondary N) is 2. The predicted molar refractivity (Wildman–Crippen MR) is 139 cm³/mol. The Labute approximate surface area is 199 Å². The first kappa shape index (κ1) is 24.1. The summed E-state index contributed by atoms with van der Waals surface area (Å²) in [5.74, 6) is -0.731. The lowest BCUT2D eigenvalue weighted by molar-refractivity contribution is 0.0943. The van der Waals surface area contributed by atoms with Crippen LogP contribution in [-0.4, -0.2) is 24.2 Å². The Hall–Kier alpha value is -4.58. The van der Waals surface area contributed by atoms with Crippen molar-refractivity contribution in [2.75, 3.05) is 0 Å². The summed E-state index contributed by atoms with van der Waals surface area (Å²) in [5.41, 5.74) is 9.67. The van der Waals surface area contributed by atoms with Crippen molar-refractivity contribution in [1.82, 2.24) is 10.9 Å². The van der Waals surface area contributed by atoms with E-state index >= 15 is 0 Å². The second-order valence-corrected chi connectivity index (χ2v) is 7.57. The molecule has 0 aliphatic rings. The number of carbonyl (C=O) groups excluding carboxylic acids is 2. The average Bonchev–Trinajstić information content (AvgIpc) is 2.85. The molecule has 2 amide bonds. The fourth-order valence-electron chi connectivity index (χ4n) is 2.99. The first-order valence-corrected chi connectivity index (χ1v) is 10.7. The van der Waals surface area contributed by atoms with Gasteiger partial charge in [0.05, 0.1) is 12.4 Å². The quantitative estimate of drug-likeness (QED) is 0.359. The molecule has 3 aromatic carbocycles. The molecule has 0 unspecified atom stereocenters. The highest BCUT2D eigenvalue weighted by atomic mass is 16.2. The summed E-state index contributed by atoms with van der Waals surface area (Å²) in [6.07, 6.45) is 7.09. The van der Waals surface area contributed by atoms with Gasteiger partial charge in [-0.2, -0.15) is 10.2 Å². The van der Waals surface area contributed by atoms with E-state index in [0.717, 1.165) is 22.3 Å². The van der Waals surface area contributed by atoms with E-state index in [4.69, 9.17) is 0 Å². The van der Waals surface area contributed by atoms with Crippen LogP contribution in [0.5, 0.6) is 0 Å². The second-order valence-electron chi connectivity index (χ2n) is 7.57. The summed E-state index contributed by atoms with van der Waals surface area (Å²) in [6, 6.07) is 25.9. The first-order valence-electron chi connectivity index (χ1n) is 10.7. The first-order chi connectivity index (χ1) is 16.5. The SMILES string of the molecule is CC(C=NNC(=O)c1ccc(C(=O)NN=CC(C)=Cc2ccccc2)cc1)=Cc1ccccc1. The minimum absolute atomic E-state index is 0.365. The number of hydrogen-bond donors (Lipinski definition) is 2. The van der Waals surface area contributed by atoms with E-state index in [-0.39, 0.29) is 11.8 Å². The molecular formula is C28H26N4O2. The molecule has 0 atom stereocenters. The van der Waals surface area contributed by atoms with Gasteiger partial charge in [-0.1, -0.05) is 72.8 Å². The Balaban J connectivity index is 1.50. The van der Waals surface area contributed by atoms with Crippen LogP contribution in [0.15, 0.2) is 106 Å². The van der Waals surface area contributed by atoms with Crippen LogP contribution >= 0.6 is 0 Å². The largest absolute Gasteiger partial charge is 0.271 e. The Bertz CT molecular complexity index is 1130. The minimum atomic E-state index is -0.365. The van der Waals surface area contributed by atoms with Crippen LogP contribution in [0.4, 0.5) is 0 Å². The molecule has 6 heteroatoms. The highest BCUT2D eigenvalue weighted by Gasteiger charge is 2.08. The lowest BCUT2D eigenvalue weighted by Crippen LogP contribution is -2.19. The lowest BCUT2D eigenvalue weighted by Gasteiger charge is -2.03. The van der Waals surface area contributed by atoms with Crippen molar-refractivity contribution in [2.24, 2.45) is 10.2 Å². The average molecular weight is 451 g/mol. The molecule has 0 aromatic heterocycles. The standard InChI is InChI=1S/C28H26N4O2/c1-21(17-23-9-5-3-6-10-23)19-29-31-27(33)25-13-15-26(16-14-25)28(34)32-30-20-22(2)18-24-11-7-4-8-12-24/h3-20H,1-2H3,(H,31,33)(H,32,34). The molecule has 0 saturated heterocycles. The van der Waals surface area contributed by atoms with Crippen molar-refractivity contribution in [3.05, 3.63) is 118 Å². The molecule has 0 radical (unpaired) electrons. The molecule has 0 saturated carbocycles. The van der Waals surface area contributed by atoms with Crippen LogP contribution in [0.2, 0.25) is 0 Å². The normalized spacial score (nSPS) is 12.2. The molecule has 2 N–H and O–H groups in total. The molecule has 0 aliphatic heterocycles. The van der Waals surface area contributed by atoms with Crippen LogP contribution < -0.4 is 10.9 Å². The number of nitrogens with zero attached hydrogens (tertiary/aromatic N) is 2. The zero-order chi connectivity index (χ0) is 24.2. The molecule has 0 heterocycles. The van der Waals surface area contributed by atoms with Gasteiger partial charge in [-0.05, 0) is 60.4 Å². The van der Waals surface area contributed by atoms with E-state index < -0.39 is 0 Å². The van der Waals surface area contributed by atoms with Crippen LogP contribution in [-0.2, 0) is 0 Å². The van der Waals surface area contributed by atoms with Gasteiger partial charge >= 0.3 is 0 Å². The highest BCUT2D eigenvalue weighted by Crippen LogP contribution is 2.07. The van der Waals surface area contributed by atoms with E-state index in [1.54, 1.807) is 36.7 Å². The summed E-state index contributed by atoms with van der Waals surface area (Å²) < 4.78 is 0. The van der Waals surface area contributed by atoms with Gasteiger partial charge in [0.1, 0.15) is 0 Å². The molecule has 0 bridgehead atoms. The summed E-state index contributed by atoms with van der Waals surface area (Å²) >= 11 is 0. The third-order valence-electron chi connectivity index (χ3n) is 4.67. The third kappa shape index (κ3) is 7.84. The van der Waals surface area contributed by atoms with Crippen molar-refractivity contribution in [3.63, 3.8) is 0 Å². The summed E-state index contributed by atoms with van der Waals surface area (Å²) in [7, 11) is 0. The number of amides is 2. The van der Waals surface area contributed by atoms with Gasteiger partial charge in [0.2, 0.25) is 0 Å². The zero-order valence-electron chi connectivity index (χ0n) is 19.1. The minimum Gasteiger partial charge on any atom is -0.267 e. The van der Waals surface area contributed by atoms with Gasteiger partial charge in [0.15, 0.2) is 0 Å². The maximum absolute atomic E-state index is 12.3. The highest BCUT2D eigenvalue weighted by molar-refractivity contribution is 5.98. The van der Waals surface area contributed by atoms with Crippen molar-refractivity contribution < 1.29 is 9.59 Å². The van der Waals surface area contributed by atoms with Crippen molar-refractivity contribution in [1.29, 1.82) is 0 Å². The van der Waals surface area contributed by atoms with E-state index in [1.807, 2.05) is 86.7 Å². The molecule has 34 heavy (non-hydrogen) atoms. The predicted octanol–water partition coefficient (Wildman–Crippen LogP) is 5.32. The van der Waals surface area contributed by atoms with Gasteiger partial charge < -0.3 is 0 Å². The maximum atomic E-state index is 12.3. The molecule has 0 aliphatic carbocycles. The summed E-state index contributed by atoms with van der Waals surface area (Å²) in [6.45, 7) is 3.80. The summed E-state index contributed by atoms with van der Waals surface area (Å²) in [5, 5.41) is 7.98. The molecule has 6 nitrogen and oxygen atoms in total. The van der Waals surface area contributed by atoms with Crippen LogP contribution in [0.3, 0.4) is 0 Å². The fraction of sp³-hybridized carbons (Fsp3) is 0.0714. The molecule has 0 spiro atoms. The number of rotatable bonds is 8. The Morgan fingerprint density at radius 2 is 0.941 bits per heavy atom. The number of benzene rings is 3. The number of hydrazone groups is 2. The van der Waals surface area contributed by atoms with Crippen molar-refractivity contribution >= 4 is 36.4 Å². The number of carbonyl (C=O) groups is 2. The van der Waals surface area contributed by atoms with E-state index in [9.17, 15) is 9.59 Å². The van der Waals surface area contributed by atoms with E-state index in [1.165, 1.54) is 0 Å². The lowest BCUT2D eigenvalue weighted by atomic mass is 10.1. The molecule has 0 fully saturated rings. The Morgan fingerprint density at radius 3 is 1.29 bits per heavy atom. The van der Waals surface area contributed by atoms with E-state index in [2.05, 4.69) is 21.1 Å². The van der Waals surface area contributed by atoms with Crippen LogP contribution in [0, 0.1) is 0 Å². The van der Waals surface area contributed by atoms with Crippen LogP contribution in [0.1, 0.15) is 45.7 Å². The Morgan fingerprint density at radius 1 is 0.588 bits per heavy atom. The van der Waals surface area contributed by atoms with Crippen molar-refractivity contribution in [2.45, 2.75) is 13.8 Å². The topological polar surface area (TPSA) is 82.9 Å². The Kier molecular flexibility index (Phi) is 8.82. The van der Waals surface area contributed by atoms with Gasteiger partial charge in [-0.25, -0.2) is 10.9 Å². The monoisotopic (exact) mass is 450 g/mol. The molecule has 3 aromatic rings. The molecule has 3 rings (SSSR count). The van der Waals surface area contributed by atoms with Crippen LogP contribution in [0.25, 0.3) is 12.2 Å². The fourth-order valence-corrected chi connectivity index (χ4v) is 2.99. The second kappa shape index (κ2) is 12.5. The number of hydrogen-bond acceptors (Lipinski definition) is 4. The third-order valence-corrected chi connectivity index (χ3v) is 4.67. The van der Waals surface area contributed by atoms with Crippen molar-refractivity contribution in [3.8, 4) is 0 Å².